The maximum absolute atomic E-state index is 3.36. The maximum atomic E-state index is 3.36. The molecule has 0 unspecified atom stereocenters. The van der Waals surface area contributed by atoms with E-state index in [-0.39, 0.29) is 0 Å². The van der Waals surface area contributed by atoms with Gasteiger partial charge in [0.15, 0.2) is 0 Å². The highest BCUT2D eigenvalue weighted by Crippen LogP contribution is 2.13. The third kappa shape index (κ3) is 10.2. The Morgan fingerprint density at radius 2 is 1.67 bits per heavy atom. The van der Waals surface area contributed by atoms with E-state index in [4.69, 9.17) is 0 Å². The molecule has 1 heterocycles. The van der Waals surface area contributed by atoms with Gasteiger partial charge in [0.1, 0.15) is 0 Å². The lowest BCUT2D eigenvalue weighted by atomic mass is 10.0. The molecule has 0 aromatic heterocycles. The van der Waals surface area contributed by atoms with Crippen molar-refractivity contribution in [2.45, 2.75) is 45.7 Å². The van der Waals surface area contributed by atoms with Crippen LogP contribution in [-0.2, 0) is 6.54 Å². The van der Waals surface area contributed by atoms with Gasteiger partial charge in [0.05, 0.1) is 0 Å². The van der Waals surface area contributed by atoms with Crippen molar-refractivity contribution in [1.82, 2.24) is 10.2 Å². The fourth-order valence-corrected chi connectivity index (χ4v) is 2.22. The highest BCUT2D eigenvalue weighted by molar-refractivity contribution is 5.22. The van der Waals surface area contributed by atoms with Crippen LogP contribution >= 0.6 is 0 Å². The molecule has 1 aliphatic rings. The average Bonchev–Trinajstić information content (AvgIpc) is 2.51. The lowest BCUT2D eigenvalue weighted by Crippen LogP contribution is -2.40. The Balaban J connectivity index is 0.000000578. The molecular weight excluding hydrogens is 258 g/mol. The summed E-state index contributed by atoms with van der Waals surface area (Å²) in [6.07, 6.45) is 3.81. The minimum absolute atomic E-state index is 0.733. The molecule has 1 aromatic carbocycles. The Labute approximate surface area is 131 Å². The number of aliphatic imine (C=N–C) groups is 1. The number of hydrogen-bond acceptors (Lipinski definition) is 3. The smallest absolute Gasteiger partial charge is 0.0269 e. The molecule has 1 aliphatic heterocycles. The van der Waals surface area contributed by atoms with Gasteiger partial charge in [-0.25, -0.2) is 0 Å². The number of likely N-dealkylation sites (tertiary alicyclic amines) is 1. The van der Waals surface area contributed by atoms with Gasteiger partial charge in [-0.3, -0.25) is 4.90 Å². The second kappa shape index (κ2) is 13.8. The number of piperidine rings is 1. The summed E-state index contributed by atoms with van der Waals surface area (Å²) >= 11 is 0. The normalized spacial score (nSPS) is 15.2. The predicted octanol–water partition coefficient (Wildman–Crippen LogP) is 3.60. The summed E-state index contributed by atoms with van der Waals surface area (Å²) in [6, 6.07) is 11.5. The van der Waals surface area contributed by atoms with Crippen LogP contribution in [-0.4, -0.2) is 44.8 Å². The minimum Gasteiger partial charge on any atom is -0.317 e. The number of nitrogens with zero attached hydrogens (tertiary/aromatic N) is 2. The van der Waals surface area contributed by atoms with Crippen LogP contribution in [0.15, 0.2) is 35.3 Å². The topological polar surface area (TPSA) is 27.6 Å². The Bertz CT molecular complexity index is 330. The molecular formula is C18H33N3. The number of benzene rings is 1. The van der Waals surface area contributed by atoms with Crippen LogP contribution in [0.3, 0.4) is 0 Å². The third-order valence-corrected chi connectivity index (χ3v) is 3.24. The molecule has 1 aromatic rings. The molecule has 120 valence electrons. The highest BCUT2D eigenvalue weighted by Gasteiger charge is 2.17. The van der Waals surface area contributed by atoms with Crippen LogP contribution in [0.2, 0.25) is 0 Å². The summed E-state index contributed by atoms with van der Waals surface area (Å²) in [5.41, 5.74) is 1.43. The van der Waals surface area contributed by atoms with Crippen molar-refractivity contribution < 1.29 is 0 Å². The lowest BCUT2D eigenvalue weighted by molar-refractivity contribution is 0.194. The summed E-state index contributed by atoms with van der Waals surface area (Å²) in [6.45, 7) is 10.9. The highest BCUT2D eigenvalue weighted by atomic mass is 15.1. The van der Waals surface area contributed by atoms with E-state index in [0.717, 1.165) is 12.6 Å². The predicted molar refractivity (Wildman–Crippen MR) is 95.2 cm³/mol. The van der Waals surface area contributed by atoms with Crippen molar-refractivity contribution in [1.29, 1.82) is 0 Å². The molecule has 0 bridgehead atoms. The fourth-order valence-electron chi connectivity index (χ4n) is 2.22. The summed E-state index contributed by atoms with van der Waals surface area (Å²) in [5.74, 6) is 0. The van der Waals surface area contributed by atoms with Gasteiger partial charge in [0, 0.05) is 19.6 Å². The van der Waals surface area contributed by atoms with Gasteiger partial charge in [-0.1, -0.05) is 50.6 Å². The van der Waals surface area contributed by atoms with E-state index in [2.05, 4.69) is 73.2 Å². The van der Waals surface area contributed by atoms with Crippen molar-refractivity contribution in [3.8, 4) is 0 Å². The van der Waals surface area contributed by atoms with Gasteiger partial charge in [-0.2, -0.15) is 0 Å². The second-order valence-corrected chi connectivity index (χ2v) is 5.35. The molecule has 0 saturated carbocycles. The molecule has 0 atom stereocenters. The molecule has 2 rings (SSSR count). The fraction of sp³-hybridized carbons (Fsp3) is 0.611. The third-order valence-electron chi connectivity index (χ3n) is 3.24. The average molecular weight is 291 g/mol. The Morgan fingerprint density at radius 3 is 2.10 bits per heavy atom. The molecule has 1 fully saturated rings. The van der Waals surface area contributed by atoms with E-state index >= 15 is 0 Å². The van der Waals surface area contributed by atoms with Crippen LogP contribution in [0, 0.1) is 0 Å². The zero-order valence-electron chi connectivity index (χ0n) is 14.3. The van der Waals surface area contributed by atoms with E-state index in [1.54, 1.807) is 7.05 Å². The Kier molecular flexibility index (Phi) is 13.0. The van der Waals surface area contributed by atoms with Crippen LogP contribution in [0.4, 0.5) is 0 Å². The van der Waals surface area contributed by atoms with Crippen LogP contribution in [0.1, 0.15) is 38.7 Å². The van der Waals surface area contributed by atoms with Crippen molar-refractivity contribution in [2.75, 3.05) is 27.2 Å². The first kappa shape index (κ1) is 19.8. The zero-order chi connectivity index (χ0) is 15.9. The molecule has 0 radical (unpaired) electrons. The number of nitrogens with one attached hydrogen (secondary N) is 1. The van der Waals surface area contributed by atoms with E-state index in [1.807, 2.05) is 0 Å². The van der Waals surface area contributed by atoms with Crippen molar-refractivity contribution >= 4 is 6.72 Å². The van der Waals surface area contributed by atoms with Gasteiger partial charge in [-0.15, -0.1) is 0 Å². The summed E-state index contributed by atoms with van der Waals surface area (Å²) in [7, 11) is 3.71. The van der Waals surface area contributed by atoms with Crippen LogP contribution < -0.4 is 5.32 Å². The lowest BCUT2D eigenvalue weighted by Gasteiger charge is -2.31. The van der Waals surface area contributed by atoms with Gasteiger partial charge in [-0.05, 0) is 45.3 Å². The second-order valence-electron chi connectivity index (χ2n) is 5.35. The first-order valence-electron chi connectivity index (χ1n) is 8.00. The largest absolute Gasteiger partial charge is 0.317 e. The van der Waals surface area contributed by atoms with E-state index in [1.165, 1.54) is 37.9 Å². The first-order chi connectivity index (χ1) is 10.2. The quantitative estimate of drug-likeness (QED) is 0.862. The SMILES string of the molecule is C=NC.CCC.CNC1CCN(Cc2ccccc2)CC1. The summed E-state index contributed by atoms with van der Waals surface area (Å²) in [5, 5.41) is 3.36. The molecule has 1 saturated heterocycles. The van der Waals surface area contributed by atoms with Crippen molar-refractivity contribution in [2.24, 2.45) is 4.99 Å². The molecule has 21 heavy (non-hydrogen) atoms. The molecule has 0 spiro atoms. The Hall–Kier alpha value is -1.19. The van der Waals surface area contributed by atoms with Crippen molar-refractivity contribution in [3.63, 3.8) is 0 Å². The summed E-state index contributed by atoms with van der Waals surface area (Å²) in [4.78, 5) is 5.79. The van der Waals surface area contributed by atoms with Crippen LogP contribution in [0.25, 0.3) is 0 Å². The molecule has 3 nitrogen and oxygen atoms in total. The Morgan fingerprint density at radius 1 is 1.19 bits per heavy atom. The van der Waals surface area contributed by atoms with Crippen molar-refractivity contribution in [3.05, 3.63) is 35.9 Å². The van der Waals surface area contributed by atoms with Gasteiger partial charge >= 0.3 is 0 Å². The first-order valence-corrected chi connectivity index (χ1v) is 8.00. The van der Waals surface area contributed by atoms with Gasteiger partial charge in [0.2, 0.25) is 0 Å². The molecule has 0 aliphatic carbocycles. The van der Waals surface area contributed by atoms with E-state index in [9.17, 15) is 0 Å². The molecule has 0 amide bonds. The molecule has 1 N–H and O–H groups in total. The number of rotatable bonds is 3. The monoisotopic (exact) mass is 291 g/mol. The van der Waals surface area contributed by atoms with Gasteiger partial charge in [0.25, 0.3) is 0 Å². The van der Waals surface area contributed by atoms with E-state index in [0.29, 0.717) is 0 Å². The van der Waals surface area contributed by atoms with E-state index < -0.39 is 0 Å². The standard InChI is InChI=1S/C13H20N2.C3H8.C2H5N/c1-14-13-7-9-15(10-8-13)11-12-5-3-2-4-6-12;2*1-3-2/h2-6,13-14H,7-11H2,1H3;3H2,1-2H3;1H2,2H3. The van der Waals surface area contributed by atoms with Gasteiger partial charge < -0.3 is 10.3 Å². The van der Waals surface area contributed by atoms with Crippen LogP contribution in [0.5, 0.6) is 0 Å². The zero-order valence-corrected chi connectivity index (χ0v) is 14.3. The molecule has 3 heteroatoms. The number of hydrogen-bond donors (Lipinski definition) is 1. The minimum atomic E-state index is 0.733. The summed E-state index contributed by atoms with van der Waals surface area (Å²) < 4.78 is 0. The maximum Gasteiger partial charge on any atom is 0.0269 e.